The first kappa shape index (κ1) is 24.1. The third-order valence-electron chi connectivity index (χ3n) is 5.46. The molecule has 1 fully saturated rings. The Labute approximate surface area is 197 Å². The van der Waals surface area contributed by atoms with E-state index in [1.165, 1.54) is 24.4 Å². The number of nitrogens with one attached hydrogen (secondary N) is 1. The molecule has 3 aromatic rings. The minimum atomic E-state index is -4.92. The first-order chi connectivity index (χ1) is 16.6. The zero-order chi connectivity index (χ0) is 25.2. The third kappa shape index (κ3) is 5.74. The number of carbonyl (C=O) groups is 1. The van der Waals surface area contributed by atoms with Gasteiger partial charge in [0.2, 0.25) is 0 Å². The highest BCUT2D eigenvalue weighted by molar-refractivity contribution is 6.00. The number of halogens is 3. The molecule has 1 saturated heterocycles. The summed E-state index contributed by atoms with van der Waals surface area (Å²) in [6, 6.07) is 5.29. The summed E-state index contributed by atoms with van der Waals surface area (Å²) in [5, 5.41) is 0. The standard InChI is InChI=1S/C22H22F3N7O3/c23-22(24,25)35-18-6-2-1-5-13(18)15-9-28-20(27)19(30-15)17(33)8-14-16(10-29-21(34)31-14)32-7-3-4-12(26)11-32/h1-2,5-6,9-10,12H,3-4,7-8,11,26H2,(H2,27,28)(H,29,31,34). The second kappa shape index (κ2) is 9.70. The molecule has 13 heteroatoms. The van der Waals surface area contributed by atoms with Crippen molar-refractivity contribution in [1.29, 1.82) is 0 Å². The third-order valence-corrected chi connectivity index (χ3v) is 5.46. The van der Waals surface area contributed by atoms with Gasteiger partial charge in [-0.05, 0) is 25.0 Å². The number of alkyl halides is 3. The smallest absolute Gasteiger partial charge is 0.405 e. The van der Waals surface area contributed by atoms with E-state index >= 15 is 0 Å². The van der Waals surface area contributed by atoms with E-state index in [4.69, 9.17) is 11.5 Å². The SMILES string of the molecule is Nc1ncc(-c2ccccc2OC(F)(F)F)nc1C(=O)Cc1[nH]c(=O)ncc1N1CCCC(N)C1. The fourth-order valence-electron chi connectivity index (χ4n) is 3.93. The number of rotatable bonds is 6. The summed E-state index contributed by atoms with van der Waals surface area (Å²) in [4.78, 5) is 41.5. The number of ether oxygens (including phenoxy) is 1. The molecule has 0 saturated carbocycles. The Hall–Kier alpha value is -4.00. The number of nitrogen functional groups attached to an aromatic ring is 1. The van der Waals surface area contributed by atoms with Gasteiger partial charge in [0.05, 0.1) is 35.9 Å². The highest BCUT2D eigenvalue weighted by atomic mass is 19.4. The van der Waals surface area contributed by atoms with E-state index in [0.717, 1.165) is 25.1 Å². The first-order valence-electron chi connectivity index (χ1n) is 10.7. The molecule has 0 aliphatic carbocycles. The highest BCUT2D eigenvalue weighted by Crippen LogP contribution is 2.33. The molecule has 1 atom stereocenters. The van der Waals surface area contributed by atoms with Gasteiger partial charge in [0.1, 0.15) is 11.4 Å². The Bertz CT molecular complexity index is 1300. The second-order valence-corrected chi connectivity index (χ2v) is 8.03. The minimum absolute atomic E-state index is 0.0216. The number of H-pyrrole nitrogens is 1. The summed E-state index contributed by atoms with van der Waals surface area (Å²) in [5.74, 6) is -1.29. The lowest BCUT2D eigenvalue weighted by molar-refractivity contribution is -0.274. The second-order valence-electron chi connectivity index (χ2n) is 8.03. The molecule has 184 valence electrons. The largest absolute Gasteiger partial charge is 0.573 e. The van der Waals surface area contributed by atoms with Crippen molar-refractivity contribution >= 4 is 17.3 Å². The van der Waals surface area contributed by atoms with Gasteiger partial charge in [0.15, 0.2) is 11.6 Å². The molecule has 0 amide bonds. The zero-order valence-corrected chi connectivity index (χ0v) is 18.4. The number of benzene rings is 1. The maximum absolute atomic E-state index is 13.2. The van der Waals surface area contributed by atoms with E-state index in [2.05, 4.69) is 24.7 Å². The zero-order valence-electron chi connectivity index (χ0n) is 18.4. The molecule has 4 rings (SSSR count). The monoisotopic (exact) mass is 489 g/mol. The van der Waals surface area contributed by atoms with Crippen LogP contribution >= 0.6 is 0 Å². The number of carbonyl (C=O) groups excluding carboxylic acids is 1. The maximum Gasteiger partial charge on any atom is 0.573 e. The van der Waals surface area contributed by atoms with Crippen LogP contribution in [0.3, 0.4) is 0 Å². The summed E-state index contributed by atoms with van der Waals surface area (Å²) >= 11 is 0. The fraction of sp³-hybridized carbons (Fsp3) is 0.318. The Morgan fingerprint density at radius 3 is 2.74 bits per heavy atom. The Kier molecular flexibility index (Phi) is 6.69. The number of Topliss-reactive ketones (excluding diaryl/α,β-unsaturated/α-hetero) is 1. The van der Waals surface area contributed by atoms with E-state index in [-0.39, 0.29) is 35.2 Å². The molecule has 0 radical (unpaired) electrons. The van der Waals surface area contributed by atoms with Crippen molar-refractivity contribution in [2.24, 2.45) is 5.73 Å². The van der Waals surface area contributed by atoms with Gasteiger partial charge >= 0.3 is 12.1 Å². The Balaban J connectivity index is 1.66. The quantitative estimate of drug-likeness (QED) is 0.442. The van der Waals surface area contributed by atoms with Gasteiger partial charge in [0, 0.05) is 24.7 Å². The number of hydrogen-bond acceptors (Lipinski definition) is 9. The van der Waals surface area contributed by atoms with E-state index in [9.17, 15) is 22.8 Å². The molecule has 3 heterocycles. The van der Waals surface area contributed by atoms with Crippen LogP contribution in [0.2, 0.25) is 0 Å². The van der Waals surface area contributed by atoms with Gasteiger partial charge in [-0.25, -0.2) is 14.8 Å². The minimum Gasteiger partial charge on any atom is -0.405 e. The van der Waals surface area contributed by atoms with E-state index in [0.29, 0.717) is 24.5 Å². The lowest BCUT2D eigenvalue weighted by Gasteiger charge is -2.33. The molecule has 1 aliphatic heterocycles. The predicted octanol–water partition coefficient (Wildman–Crippen LogP) is 2.06. The summed E-state index contributed by atoms with van der Waals surface area (Å²) in [7, 11) is 0. The topological polar surface area (TPSA) is 153 Å². The molecular weight excluding hydrogens is 467 g/mol. The highest BCUT2D eigenvalue weighted by Gasteiger charge is 2.32. The summed E-state index contributed by atoms with van der Waals surface area (Å²) in [5.41, 5.74) is 11.9. The molecule has 1 unspecified atom stereocenters. The molecule has 2 aromatic heterocycles. The molecule has 0 spiro atoms. The average molecular weight is 489 g/mol. The van der Waals surface area contributed by atoms with Crippen LogP contribution in [0, 0.1) is 0 Å². The van der Waals surface area contributed by atoms with Crippen molar-refractivity contribution in [2.75, 3.05) is 23.7 Å². The van der Waals surface area contributed by atoms with Crippen LogP contribution < -0.4 is 26.8 Å². The van der Waals surface area contributed by atoms with Crippen molar-refractivity contribution in [3.63, 3.8) is 0 Å². The predicted molar refractivity (Wildman–Crippen MR) is 121 cm³/mol. The number of nitrogens with two attached hydrogens (primary N) is 2. The maximum atomic E-state index is 13.2. The first-order valence-corrected chi connectivity index (χ1v) is 10.7. The van der Waals surface area contributed by atoms with Crippen molar-refractivity contribution in [3.8, 4) is 17.0 Å². The summed E-state index contributed by atoms with van der Waals surface area (Å²) in [6.07, 6.45) is -0.971. The lowest BCUT2D eigenvalue weighted by atomic mass is 10.0. The molecule has 1 aliphatic rings. The summed E-state index contributed by atoms with van der Waals surface area (Å²) in [6.45, 7) is 1.21. The van der Waals surface area contributed by atoms with E-state index in [1.54, 1.807) is 0 Å². The lowest BCUT2D eigenvalue weighted by Crippen LogP contribution is -2.43. The van der Waals surface area contributed by atoms with Crippen molar-refractivity contribution < 1.29 is 22.7 Å². The average Bonchev–Trinajstić information content (AvgIpc) is 2.79. The number of ketones is 1. The van der Waals surface area contributed by atoms with Gasteiger partial charge in [-0.1, -0.05) is 12.1 Å². The van der Waals surface area contributed by atoms with Gasteiger partial charge in [0.25, 0.3) is 0 Å². The normalized spacial score (nSPS) is 16.2. The molecule has 5 N–H and O–H groups in total. The van der Waals surface area contributed by atoms with Crippen LogP contribution in [-0.4, -0.2) is 51.2 Å². The van der Waals surface area contributed by atoms with Crippen molar-refractivity contribution in [2.45, 2.75) is 31.7 Å². The fourth-order valence-corrected chi connectivity index (χ4v) is 3.93. The van der Waals surface area contributed by atoms with Crippen LogP contribution in [-0.2, 0) is 6.42 Å². The van der Waals surface area contributed by atoms with Gasteiger partial charge in [-0.3, -0.25) is 4.79 Å². The number of hydrogen-bond donors (Lipinski definition) is 3. The van der Waals surface area contributed by atoms with Crippen LogP contribution in [0.4, 0.5) is 24.7 Å². The number of para-hydroxylation sites is 1. The van der Waals surface area contributed by atoms with Crippen LogP contribution in [0.25, 0.3) is 11.3 Å². The van der Waals surface area contributed by atoms with Gasteiger partial charge < -0.3 is 26.1 Å². The number of aromatic nitrogens is 4. The molecule has 1 aromatic carbocycles. The number of piperidine rings is 1. The van der Waals surface area contributed by atoms with Crippen LogP contribution in [0.5, 0.6) is 5.75 Å². The Morgan fingerprint density at radius 2 is 2.00 bits per heavy atom. The van der Waals surface area contributed by atoms with Crippen molar-refractivity contribution in [1.82, 2.24) is 19.9 Å². The number of aromatic amines is 1. The van der Waals surface area contributed by atoms with Crippen LogP contribution in [0.1, 0.15) is 29.0 Å². The van der Waals surface area contributed by atoms with Gasteiger partial charge in [-0.15, -0.1) is 13.2 Å². The van der Waals surface area contributed by atoms with E-state index in [1.807, 2.05) is 4.90 Å². The van der Waals surface area contributed by atoms with E-state index < -0.39 is 23.6 Å². The molecule has 0 bridgehead atoms. The van der Waals surface area contributed by atoms with Gasteiger partial charge in [-0.2, -0.15) is 4.98 Å². The number of nitrogens with zero attached hydrogens (tertiary/aromatic N) is 4. The molecular formula is C22H22F3N7O3. The molecule has 10 nitrogen and oxygen atoms in total. The van der Waals surface area contributed by atoms with Crippen LogP contribution in [0.15, 0.2) is 41.5 Å². The van der Waals surface area contributed by atoms with Crippen molar-refractivity contribution in [3.05, 3.63) is 58.5 Å². The Morgan fingerprint density at radius 1 is 1.23 bits per heavy atom. The molecule has 35 heavy (non-hydrogen) atoms. The summed E-state index contributed by atoms with van der Waals surface area (Å²) < 4.78 is 42.5. The number of anilines is 2.